The standard InChI is InChI=1S/C20H15N3OS2/c1-13-8-10-26-19(13)12-21-23-20(24)15-11-17(18-7-4-9-25-18)22-16-6-3-2-5-14(15)16/h2-12H,1H3,(H,23,24)/b21-12+. The average molecular weight is 377 g/mol. The summed E-state index contributed by atoms with van der Waals surface area (Å²) in [5.41, 5.74) is 5.94. The van der Waals surface area contributed by atoms with Crippen molar-refractivity contribution in [3.05, 3.63) is 75.3 Å². The maximum absolute atomic E-state index is 12.7. The second-order valence-corrected chi connectivity index (χ2v) is 7.61. The number of carbonyl (C=O) groups excluding carboxylic acids is 1. The Labute approximate surface area is 158 Å². The number of rotatable bonds is 4. The predicted octanol–water partition coefficient (Wildman–Crippen LogP) is 5.10. The Bertz CT molecular complexity index is 1100. The molecule has 3 aromatic heterocycles. The van der Waals surface area contributed by atoms with Gasteiger partial charge in [-0.05, 0) is 47.5 Å². The summed E-state index contributed by atoms with van der Waals surface area (Å²) in [6.45, 7) is 2.02. The number of aromatic nitrogens is 1. The molecule has 0 radical (unpaired) electrons. The van der Waals surface area contributed by atoms with Crippen molar-refractivity contribution in [2.45, 2.75) is 6.92 Å². The van der Waals surface area contributed by atoms with Gasteiger partial charge in [-0.1, -0.05) is 24.3 Å². The van der Waals surface area contributed by atoms with E-state index in [9.17, 15) is 4.79 Å². The zero-order valence-electron chi connectivity index (χ0n) is 14.0. The van der Waals surface area contributed by atoms with Crippen LogP contribution < -0.4 is 5.43 Å². The number of hydrogen-bond donors (Lipinski definition) is 1. The summed E-state index contributed by atoms with van der Waals surface area (Å²) >= 11 is 3.19. The van der Waals surface area contributed by atoms with Crippen LogP contribution >= 0.6 is 22.7 Å². The number of benzene rings is 1. The molecule has 3 heterocycles. The minimum atomic E-state index is -0.244. The molecular formula is C20H15N3OS2. The van der Waals surface area contributed by atoms with Gasteiger partial charge in [-0.2, -0.15) is 5.10 Å². The molecule has 1 aromatic carbocycles. The summed E-state index contributed by atoms with van der Waals surface area (Å²) in [6, 6.07) is 15.5. The lowest BCUT2D eigenvalue weighted by molar-refractivity contribution is 0.0957. The molecular weight excluding hydrogens is 362 g/mol. The number of hydrogen-bond acceptors (Lipinski definition) is 5. The molecule has 1 N–H and O–H groups in total. The molecule has 4 rings (SSSR count). The van der Waals surface area contributed by atoms with Crippen molar-refractivity contribution in [2.24, 2.45) is 5.10 Å². The molecule has 0 saturated carbocycles. The summed E-state index contributed by atoms with van der Waals surface area (Å²) in [5, 5.41) is 8.93. The second kappa shape index (κ2) is 7.19. The molecule has 0 spiro atoms. The van der Waals surface area contributed by atoms with Gasteiger partial charge in [0.2, 0.25) is 0 Å². The molecule has 0 fully saturated rings. The average Bonchev–Trinajstić information content (AvgIpc) is 3.33. The number of carbonyl (C=O) groups is 1. The maximum Gasteiger partial charge on any atom is 0.272 e. The third-order valence-electron chi connectivity index (χ3n) is 3.98. The second-order valence-electron chi connectivity index (χ2n) is 5.72. The number of nitrogens with one attached hydrogen (secondary N) is 1. The smallest absolute Gasteiger partial charge is 0.267 e. The fourth-order valence-corrected chi connectivity index (χ4v) is 4.11. The largest absolute Gasteiger partial charge is 0.272 e. The number of aryl methyl sites for hydroxylation is 1. The Morgan fingerprint density at radius 1 is 1.12 bits per heavy atom. The number of pyridine rings is 1. The van der Waals surface area contributed by atoms with Crippen LogP contribution in [0.5, 0.6) is 0 Å². The Balaban J connectivity index is 1.69. The van der Waals surface area contributed by atoms with Crippen LogP contribution in [0.25, 0.3) is 21.5 Å². The van der Waals surface area contributed by atoms with E-state index in [0.717, 1.165) is 31.9 Å². The van der Waals surface area contributed by atoms with Crippen LogP contribution in [0.3, 0.4) is 0 Å². The molecule has 0 aliphatic heterocycles. The van der Waals surface area contributed by atoms with E-state index in [-0.39, 0.29) is 5.91 Å². The lowest BCUT2D eigenvalue weighted by atomic mass is 10.1. The highest BCUT2D eigenvalue weighted by Crippen LogP contribution is 2.27. The van der Waals surface area contributed by atoms with E-state index < -0.39 is 0 Å². The van der Waals surface area contributed by atoms with Gasteiger partial charge in [0.15, 0.2) is 0 Å². The molecule has 4 nitrogen and oxygen atoms in total. The van der Waals surface area contributed by atoms with Gasteiger partial charge in [0.25, 0.3) is 5.91 Å². The topological polar surface area (TPSA) is 54.4 Å². The van der Waals surface area contributed by atoms with Gasteiger partial charge in [0, 0.05) is 10.3 Å². The zero-order chi connectivity index (χ0) is 17.9. The molecule has 6 heteroatoms. The zero-order valence-corrected chi connectivity index (χ0v) is 15.6. The number of amides is 1. The van der Waals surface area contributed by atoms with E-state index in [1.807, 2.05) is 66.2 Å². The SMILES string of the molecule is Cc1ccsc1/C=N/NC(=O)c1cc(-c2cccs2)nc2ccccc12. The summed E-state index contributed by atoms with van der Waals surface area (Å²) in [7, 11) is 0. The number of fused-ring (bicyclic) bond motifs is 1. The fraction of sp³-hybridized carbons (Fsp3) is 0.0500. The molecule has 1 amide bonds. The molecule has 0 atom stereocenters. The Hall–Kier alpha value is -2.83. The Morgan fingerprint density at radius 3 is 2.77 bits per heavy atom. The first-order valence-electron chi connectivity index (χ1n) is 8.03. The summed E-state index contributed by atoms with van der Waals surface area (Å²) in [4.78, 5) is 19.5. The third-order valence-corrected chi connectivity index (χ3v) is 5.83. The summed E-state index contributed by atoms with van der Waals surface area (Å²) < 4.78 is 0. The highest BCUT2D eigenvalue weighted by Gasteiger charge is 2.14. The highest BCUT2D eigenvalue weighted by atomic mass is 32.1. The van der Waals surface area contributed by atoms with Crippen LogP contribution in [0.4, 0.5) is 0 Å². The van der Waals surface area contributed by atoms with Gasteiger partial charge in [-0.3, -0.25) is 4.79 Å². The van der Waals surface area contributed by atoms with Crippen molar-refractivity contribution >= 4 is 45.7 Å². The van der Waals surface area contributed by atoms with E-state index in [4.69, 9.17) is 0 Å². The van der Waals surface area contributed by atoms with Gasteiger partial charge in [-0.15, -0.1) is 22.7 Å². The maximum atomic E-state index is 12.7. The predicted molar refractivity (Wildman–Crippen MR) is 109 cm³/mol. The number of hydrazone groups is 1. The number of nitrogens with zero attached hydrogens (tertiary/aromatic N) is 2. The van der Waals surface area contributed by atoms with E-state index in [1.165, 1.54) is 0 Å². The molecule has 26 heavy (non-hydrogen) atoms. The quantitative estimate of drug-likeness (QED) is 0.397. The Morgan fingerprint density at radius 2 is 2.00 bits per heavy atom. The van der Waals surface area contributed by atoms with Crippen LogP contribution in [0.15, 0.2) is 64.4 Å². The molecule has 0 aliphatic rings. The number of thiophene rings is 2. The normalized spacial score (nSPS) is 11.3. The van der Waals surface area contributed by atoms with Crippen molar-refractivity contribution in [3.63, 3.8) is 0 Å². The molecule has 0 saturated heterocycles. The van der Waals surface area contributed by atoms with Gasteiger partial charge in [0.1, 0.15) is 0 Å². The van der Waals surface area contributed by atoms with Crippen LogP contribution in [0, 0.1) is 6.92 Å². The minimum Gasteiger partial charge on any atom is -0.267 e. The van der Waals surface area contributed by atoms with Gasteiger partial charge in [0.05, 0.1) is 27.9 Å². The first kappa shape index (κ1) is 16.6. The van der Waals surface area contributed by atoms with Gasteiger partial charge < -0.3 is 0 Å². The van der Waals surface area contributed by atoms with Crippen molar-refractivity contribution in [1.82, 2.24) is 10.4 Å². The van der Waals surface area contributed by atoms with Crippen molar-refractivity contribution in [1.29, 1.82) is 0 Å². The first-order valence-corrected chi connectivity index (χ1v) is 9.79. The molecule has 0 aliphatic carbocycles. The van der Waals surface area contributed by atoms with E-state index >= 15 is 0 Å². The Kier molecular flexibility index (Phi) is 4.60. The lowest BCUT2D eigenvalue weighted by Gasteiger charge is -2.07. The van der Waals surface area contributed by atoms with Gasteiger partial charge in [-0.25, -0.2) is 10.4 Å². The summed E-state index contributed by atoms with van der Waals surface area (Å²) in [5.74, 6) is -0.244. The fourth-order valence-electron chi connectivity index (χ4n) is 2.64. The molecule has 0 unspecified atom stereocenters. The molecule has 4 aromatic rings. The van der Waals surface area contributed by atoms with Crippen LogP contribution in [0.1, 0.15) is 20.8 Å². The molecule has 128 valence electrons. The minimum absolute atomic E-state index is 0.244. The summed E-state index contributed by atoms with van der Waals surface area (Å²) in [6.07, 6.45) is 1.68. The monoisotopic (exact) mass is 377 g/mol. The van der Waals surface area contributed by atoms with Crippen molar-refractivity contribution < 1.29 is 4.79 Å². The van der Waals surface area contributed by atoms with E-state index in [0.29, 0.717) is 5.56 Å². The van der Waals surface area contributed by atoms with E-state index in [1.54, 1.807) is 28.9 Å². The van der Waals surface area contributed by atoms with Crippen LogP contribution in [0.2, 0.25) is 0 Å². The number of para-hydroxylation sites is 1. The highest BCUT2D eigenvalue weighted by molar-refractivity contribution is 7.13. The van der Waals surface area contributed by atoms with Crippen LogP contribution in [-0.4, -0.2) is 17.1 Å². The van der Waals surface area contributed by atoms with Crippen molar-refractivity contribution in [3.8, 4) is 10.6 Å². The molecule has 0 bridgehead atoms. The van der Waals surface area contributed by atoms with Crippen LogP contribution in [-0.2, 0) is 0 Å². The lowest BCUT2D eigenvalue weighted by Crippen LogP contribution is -2.18. The van der Waals surface area contributed by atoms with Crippen molar-refractivity contribution in [2.75, 3.05) is 0 Å². The third kappa shape index (κ3) is 3.29. The van der Waals surface area contributed by atoms with E-state index in [2.05, 4.69) is 15.5 Å². The van der Waals surface area contributed by atoms with Gasteiger partial charge >= 0.3 is 0 Å². The first-order chi connectivity index (χ1) is 12.7.